The van der Waals surface area contributed by atoms with Gasteiger partial charge in [-0.1, -0.05) is 12.1 Å². The average Bonchev–Trinajstić information content (AvgIpc) is 2.52. The van der Waals surface area contributed by atoms with Crippen LogP contribution in [0.25, 0.3) is 0 Å². The van der Waals surface area contributed by atoms with E-state index in [9.17, 15) is 13.2 Å². The highest BCUT2D eigenvalue weighted by molar-refractivity contribution is 7.98. The van der Waals surface area contributed by atoms with Crippen LogP contribution in [0, 0.1) is 0 Å². The molecule has 0 heterocycles. The van der Waals surface area contributed by atoms with Crippen molar-refractivity contribution in [2.24, 2.45) is 5.73 Å². The maximum atomic E-state index is 12.0. The van der Waals surface area contributed by atoms with Crippen molar-refractivity contribution in [2.75, 3.05) is 19.1 Å². The zero-order valence-corrected chi connectivity index (χ0v) is 15.9. The second-order valence-electron chi connectivity index (χ2n) is 4.90. The van der Waals surface area contributed by atoms with Gasteiger partial charge in [-0.3, -0.25) is 4.79 Å². The van der Waals surface area contributed by atoms with Gasteiger partial charge in [0.15, 0.2) is 0 Å². The highest BCUT2D eigenvalue weighted by atomic mass is 35.5. The molecule has 0 saturated carbocycles. The van der Waals surface area contributed by atoms with Crippen LogP contribution < -0.4 is 15.8 Å². The number of hydrogen-bond donors (Lipinski definition) is 3. The summed E-state index contributed by atoms with van der Waals surface area (Å²) >= 11 is 1.64. The van der Waals surface area contributed by atoms with Crippen LogP contribution in [0.2, 0.25) is 0 Å². The lowest BCUT2D eigenvalue weighted by Crippen LogP contribution is -2.42. The molecule has 0 bridgehead atoms. The van der Waals surface area contributed by atoms with Gasteiger partial charge in [-0.25, -0.2) is 13.1 Å². The lowest BCUT2D eigenvalue weighted by molar-refractivity contribution is -0.123. The van der Waals surface area contributed by atoms with Gasteiger partial charge in [0.2, 0.25) is 15.9 Å². The SMILES string of the molecule is CNS(=O)(=O)c1cccc(C(C)NC(=O)[C@@H](N)CCSC)c1.Cl. The second kappa shape index (κ2) is 10.1. The van der Waals surface area contributed by atoms with Crippen molar-refractivity contribution in [1.29, 1.82) is 0 Å². The van der Waals surface area contributed by atoms with Gasteiger partial charge in [-0.15, -0.1) is 12.4 Å². The molecule has 0 fully saturated rings. The summed E-state index contributed by atoms with van der Waals surface area (Å²) in [5.41, 5.74) is 6.53. The fraction of sp³-hybridized carbons (Fsp3) is 0.500. The summed E-state index contributed by atoms with van der Waals surface area (Å²) in [6, 6.07) is 5.60. The molecule has 0 spiro atoms. The molecule has 9 heteroatoms. The first-order valence-corrected chi connectivity index (χ1v) is 9.78. The fourth-order valence-corrected chi connectivity index (χ4v) is 3.12. The summed E-state index contributed by atoms with van der Waals surface area (Å²) in [7, 11) is -2.14. The molecular weight excluding hydrogens is 358 g/mol. The van der Waals surface area contributed by atoms with E-state index in [1.165, 1.54) is 13.1 Å². The van der Waals surface area contributed by atoms with Gasteiger partial charge in [0.1, 0.15) is 0 Å². The van der Waals surface area contributed by atoms with E-state index in [1.807, 2.05) is 6.26 Å². The van der Waals surface area contributed by atoms with Crippen molar-refractivity contribution in [2.45, 2.75) is 30.3 Å². The molecule has 1 aromatic carbocycles. The van der Waals surface area contributed by atoms with Crippen molar-refractivity contribution in [3.63, 3.8) is 0 Å². The third-order valence-electron chi connectivity index (χ3n) is 3.27. The molecule has 1 rings (SSSR count). The summed E-state index contributed by atoms with van der Waals surface area (Å²) in [5.74, 6) is 0.585. The number of nitrogens with two attached hydrogens (primary N) is 1. The Kier molecular flexibility index (Phi) is 9.79. The Labute approximate surface area is 148 Å². The van der Waals surface area contributed by atoms with Crippen LogP contribution in [0.1, 0.15) is 24.9 Å². The molecule has 1 unspecified atom stereocenters. The molecule has 4 N–H and O–H groups in total. The molecule has 2 atom stereocenters. The minimum Gasteiger partial charge on any atom is -0.348 e. The Balaban J connectivity index is 0.00000484. The number of hydrogen-bond acceptors (Lipinski definition) is 5. The van der Waals surface area contributed by atoms with E-state index in [-0.39, 0.29) is 29.3 Å². The number of halogens is 1. The lowest BCUT2D eigenvalue weighted by atomic mass is 10.1. The first-order valence-electron chi connectivity index (χ1n) is 6.90. The molecule has 0 aliphatic carbocycles. The zero-order chi connectivity index (χ0) is 16.8. The molecule has 0 saturated heterocycles. The Morgan fingerprint density at radius 3 is 2.61 bits per heavy atom. The minimum absolute atomic E-state index is 0. The van der Waals surface area contributed by atoms with Crippen molar-refractivity contribution < 1.29 is 13.2 Å². The predicted molar refractivity (Wildman–Crippen MR) is 97.5 cm³/mol. The molecule has 0 radical (unpaired) electrons. The van der Waals surface area contributed by atoms with E-state index in [0.717, 1.165) is 5.75 Å². The fourth-order valence-electron chi connectivity index (χ4n) is 1.85. The Bertz CT molecular complexity index is 611. The van der Waals surface area contributed by atoms with Crippen molar-refractivity contribution in [3.05, 3.63) is 29.8 Å². The normalized spacial score (nSPS) is 13.7. The summed E-state index contributed by atoms with van der Waals surface area (Å²) in [6.07, 6.45) is 2.56. The number of carbonyl (C=O) groups is 1. The smallest absolute Gasteiger partial charge is 0.240 e. The molecule has 6 nitrogen and oxygen atoms in total. The second-order valence-corrected chi connectivity index (χ2v) is 7.77. The molecular formula is C14H24ClN3O3S2. The van der Waals surface area contributed by atoms with E-state index in [4.69, 9.17) is 5.73 Å². The van der Waals surface area contributed by atoms with Gasteiger partial charge in [0.25, 0.3) is 0 Å². The van der Waals surface area contributed by atoms with Gasteiger partial charge >= 0.3 is 0 Å². The third-order valence-corrected chi connectivity index (χ3v) is 5.32. The van der Waals surface area contributed by atoms with E-state index >= 15 is 0 Å². The van der Waals surface area contributed by atoms with Crippen LogP contribution in [-0.2, 0) is 14.8 Å². The van der Waals surface area contributed by atoms with Gasteiger partial charge < -0.3 is 11.1 Å². The van der Waals surface area contributed by atoms with Gasteiger partial charge in [-0.2, -0.15) is 11.8 Å². The topological polar surface area (TPSA) is 101 Å². The first-order chi connectivity index (χ1) is 10.3. The Hall–Kier alpha value is -0.800. The summed E-state index contributed by atoms with van der Waals surface area (Å²) in [5, 5.41) is 2.81. The highest BCUT2D eigenvalue weighted by Gasteiger charge is 2.18. The van der Waals surface area contributed by atoms with E-state index < -0.39 is 16.1 Å². The third kappa shape index (κ3) is 6.68. The van der Waals surface area contributed by atoms with Crippen LogP contribution in [0.5, 0.6) is 0 Å². The number of rotatable bonds is 8. The van der Waals surface area contributed by atoms with Crippen LogP contribution in [0.15, 0.2) is 29.2 Å². The molecule has 0 aliphatic heterocycles. The molecule has 0 aliphatic rings. The van der Waals surface area contributed by atoms with Crippen LogP contribution in [0.3, 0.4) is 0 Å². The number of nitrogens with one attached hydrogen (secondary N) is 2. The Morgan fingerprint density at radius 2 is 2.04 bits per heavy atom. The highest BCUT2D eigenvalue weighted by Crippen LogP contribution is 2.17. The van der Waals surface area contributed by atoms with Crippen LogP contribution in [-0.4, -0.2) is 39.4 Å². The number of sulfonamides is 1. The van der Waals surface area contributed by atoms with Crippen molar-refractivity contribution >= 4 is 40.1 Å². The van der Waals surface area contributed by atoms with Crippen molar-refractivity contribution in [1.82, 2.24) is 10.0 Å². The number of benzene rings is 1. The molecule has 23 heavy (non-hydrogen) atoms. The summed E-state index contributed by atoms with van der Waals surface area (Å²) in [6.45, 7) is 1.80. The predicted octanol–water partition coefficient (Wildman–Crippen LogP) is 1.27. The largest absolute Gasteiger partial charge is 0.348 e. The monoisotopic (exact) mass is 381 g/mol. The zero-order valence-electron chi connectivity index (χ0n) is 13.4. The van der Waals surface area contributed by atoms with Gasteiger partial charge in [0.05, 0.1) is 17.0 Å². The van der Waals surface area contributed by atoms with Crippen molar-refractivity contribution in [3.8, 4) is 0 Å². The standard InChI is InChI=1S/C14H23N3O3S2.ClH/c1-10(17-14(18)13(15)7-8-21-3)11-5-4-6-12(9-11)22(19,20)16-2;/h4-6,9-10,13,16H,7-8,15H2,1-3H3,(H,17,18);1H/t10?,13-;/m0./s1. The maximum absolute atomic E-state index is 12.0. The van der Waals surface area contributed by atoms with Gasteiger partial charge in [-0.05, 0) is 50.1 Å². The van der Waals surface area contributed by atoms with E-state index in [1.54, 1.807) is 36.9 Å². The number of amides is 1. The summed E-state index contributed by atoms with van der Waals surface area (Å²) in [4.78, 5) is 12.2. The molecule has 1 aromatic rings. The van der Waals surface area contributed by atoms with Gasteiger partial charge in [0, 0.05) is 0 Å². The first kappa shape index (κ1) is 22.2. The number of thioether (sulfide) groups is 1. The average molecular weight is 382 g/mol. The van der Waals surface area contributed by atoms with E-state index in [0.29, 0.717) is 12.0 Å². The van der Waals surface area contributed by atoms with Crippen LogP contribution >= 0.6 is 24.2 Å². The van der Waals surface area contributed by atoms with E-state index in [2.05, 4.69) is 10.0 Å². The minimum atomic E-state index is -3.50. The Morgan fingerprint density at radius 1 is 1.39 bits per heavy atom. The van der Waals surface area contributed by atoms with Crippen LogP contribution in [0.4, 0.5) is 0 Å². The number of carbonyl (C=O) groups excluding carboxylic acids is 1. The molecule has 1 amide bonds. The summed E-state index contributed by atoms with van der Waals surface area (Å²) < 4.78 is 25.9. The lowest BCUT2D eigenvalue weighted by Gasteiger charge is -2.18. The maximum Gasteiger partial charge on any atom is 0.240 e. The molecule has 0 aromatic heterocycles. The molecule has 132 valence electrons. The quantitative estimate of drug-likeness (QED) is 0.629.